The number of fused-ring (bicyclic) bond motifs is 1. The van der Waals surface area contributed by atoms with Gasteiger partial charge in [0, 0.05) is 18.4 Å². The third kappa shape index (κ3) is 3.52. The van der Waals surface area contributed by atoms with Gasteiger partial charge < -0.3 is 10.1 Å². The Kier molecular flexibility index (Phi) is 5.30. The van der Waals surface area contributed by atoms with Crippen molar-refractivity contribution in [3.8, 4) is 17.6 Å². The molecule has 102 valence electrons. The normalized spacial score (nSPS) is 18.7. The standard InChI is InChI=1S/C17H23NO/c1-3-5-6-10-16(18-4-2)14-12-13-19-17-11-8-7-9-15(14)17/h7-9,11,14,16,18H,4,6,10,12-13H2,1-2H3. The van der Waals surface area contributed by atoms with Crippen molar-refractivity contribution in [2.75, 3.05) is 13.2 Å². The van der Waals surface area contributed by atoms with Crippen LogP contribution in [0.1, 0.15) is 44.6 Å². The predicted octanol–water partition coefficient (Wildman–Crippen LogP) is 3.33. The molecule has 2 nitrogen and oxygen atoms in total. The molecule has 1 heterocycles. The quantitative estimate of drug-likeness (QED) is 0.817. The first-order valence-electron chi connectivity index (χ1n) is 7.21. The maximum atomic E-state index is 5.75. The monoisotopic (exact) mass is 257 g/mol. The highest BCUT2D eigenvalue weighted by Crippen LogP contribution is 2.36. The van der Waals surface area contributed by atoms with E-state index in [1.807, 2.05) is 13.0 Å². The third-order valence-corrected chi connectivity index (χ3v) is 3.71. The van der Waals surface area contributed by atoms with Crippen LogP contribution in [0.15, 0.2) is 24.3 Å². The van der Waals surface area contributed by atoms with E-state index in [0.717, 1.165) is 38.2 Å². The van der Waals surface area contributed by atoms with Gasteiger partial charge in [0.1, 0.15) is 5.75 Å². The smallest absolute Gasteiger partial charge is 0.122 e. The van der Waals surface area contributed by atoms with Gasteiger partial charge in [-0.15, -0.1) is 11.8 Å². The molecule has 0 aliphatic carbocycles. The Bertz CT molecular complexity index is 458. The molecular formula is C17H23NO. The van der Waals surface area contributed by atoms with Gasteiger partial charge in [-0.05, 0) is 37.9 Å². The second kappa shape index (κ2) is 7.21. The fourth-order valence-corrected chi connectivity index (χ4v) is 2.85. The summed E-state index contributed by atoms with van der Waals surface area (Å²) in [4.78, 5) is 0. The number of rotatable bonds is 5. The molecule has 2 unspecified atom stereocenters. The SMILES string of the molecule is CC#CCCC(NCC)C1CCOc2ccccc21. The summed E-state index contributed by atoms with van der Waals surface area (Å²) in [6.45, 7) is 5.91. The fraction of sp³-hybridized carbons (Fsp3) is 0.529. The van der Waals surface area contributed by atoms with E-state index >= 15 is 0 Å². The first kappa shape index (κ1) is 14.0. The van der Waals surface area contributed by atoms with Crippen LogP contribution >= 0.6 is 0 Å². The first-order valence-corrected chi connectivity index (χ1v) is 7.21. The molecular weight excluding hydrogens is 234 g/mol. The van der Waals surface area contributed by atoms with Gasteiger partial charge in [-0.1, -0.05) is 25.1 Å². The van der Waals surface area contributed by atoms with Gasteiger partial charge in [0.25, 0.3) is 0 Å². The van der Waals surface area contributed by atoms with Crippen molar-refractivity contribution in [1.82, 2.24) is 5.32 Å². The summed E-state index contributed by atoms with van der Waals surface area (Å²) in [5.41, 5.74) is 1.35. The highest BCUT2D eigenvalue weighted by Gasteiger charge is 2.27. The summed E-state index contributed by atoms with van der Waals surface area (Å²) in [7, 11) is 0. The van der Waals surface area contributed by atoms with Gasteiger partial charge in [0.15, 0.2) is 0 Å². The molecule has 2 rings (SSSR count). The van der Waals surface area contributed by atoms with Crippen molar-refractivity contribution >= 4 is 0 Å². The minimum atomic E-state index is 0.496. The Morgan fingerprint density at radius 3 is 3.05 bits per heavy atom. The zero-order chi connectivity index (χ0) is 13.5. The lowest BCUT2D eigenvalue weighted by atomic mass is 9.84. The van der Waals surface area contributed by atoms with Gasteiger partial charge in [0.2, 0.25) is 0 Å². The Morgan fingerprint density at radius 1 is 1.42 bits per heavy atom. The molecule has 2 heteroatoms. The first-order chi connectivity index (χ1) is 9.36. The van der Waals surface area contributed by atoms with E-state index in [9.17, 15) is 0 Å². The maximum absolute atomic E-state index is 5.75. The van der Waals surface area contributed by atoms with Crippen molar-refractivity contribution in [2.45, 2.75) is 45.1 Å². The van der Waals surface area contributed by atoms with Gasteiger partial charge in [-0.3, -0.25) is 0 Å². The molecule has 0 radical (unpaired) electrons. The number of likely N-dealkylation sites (N-methyl/N-ethyl adjacent to an activating group) is 1. The molecule has 0 amide bonds. The van der Waals surface area contributed by atoms with Crippen LogP contribution in [0.5, 0.6) is 5.75 Å². The molecule has 1 N–H and O–H groups in total. The van der Waals surface area contributed by atoms with Crippen LogP contribution in [0.3, 0.4) is 0 Å². The number of nitrogens with one attached hydrogen (secondary N) is 1. The van der Waals surface area contributed by atoms with Crippen molar-refractivity contribution in [3.05, 3.63) is 29.8 Å². The molecule has 19 heavy (non-hydrogen) atoms. The lowest BCUT2D eigenvalue weighted by molar-refractivity contribution is 0.242. The molecule has 0 saturated heterocycles. The van der Waals surface area contributed by atoms with E-state index in [1.165, 1.54) is 5.56 Å². The molecule has 1 aromatic rings. The lowest BCUT2D eigenvalue weighted by Crippen LogP contribution is -2.37. The molecule has 1 aliphatic heterocycles. The highest BCUT2D eigenvalue weighted by atomic mass is 16.5. The summed E-state index contributed by atoms with van der Waals surface area (Å²) >= 11 is 0. The van der Waals surface area contributed by atoms with Crippen LogP contribution in [-0.2, 0) is 0 Å². The van der Waals surface area contributed by atoms with Crippen molar-refractivity contribution < 1.29 is 4.74 Å². The minimum Gasteiger partial charge on any atom is -0.493 e. The van der Waals surface area contributed by atoms with Crippen LogP contribution in [0.2, 0.25) is 0 Å². The van der Waals surface area contributed by atoms with E-state index in [1.54, 1.807) is 0 Å². The molecule has 0 fully saturated rings. The van der Waals surface area contributed by atoms with E-state index in [-0.39, 0.29) is 0 Å². The van der Waals surface area contributed by atoms with Gasteiger partial charge in [-0.25, -0.2) is 0 Å². The maximum Gasteiger partial charge on any atom is 0.122 e. The van der Waals surface area contributed by atoms with E-state index in [2.05, 4.69) is 42.3 Å². The molecule has 1 aromatic carbocycles. The second-order valence-corrected chi connectivity index (χ2v) is 4.91. The summed E-state index contributed by atoms with van der Waals surface area (Å²) in [5, 5.41) is 3.63. The van der Waals surface area contributed by atoms with E-state index in [0.29, 0.717) is 12.0 Å². The summed E-state index contributed by atoms with van der Waals surface area (Å²) < 4.78 is 5.75. The van der Waals surface area contributed by atoms with Crippen molar-refractivity contribution in [1.29, 1.82) is 0 Å². The topological polar surface area (TPSA) is 21.3 Å². The Balaban J connectivity index is 2.14. The number of ether oxygens (including phenoxy) is 1. The Hall–Kier alpha value is -1.46. The molecule has 1 aliphatic rings. The van der Waals surface area contributed by atoms with E-state index < -0.39 is 0 Å². The lowest BCUT2D eigenvalue weighted by Gasteiger charge is -2.32. The predicted molar refractivity (Wildman–Crippen MR) is 79.4 cm³/mol. The van der Waals surface area contributed by atoms with Gasteiger partial charge >= 0.3 is 0 Å². The fourth-order valence-electron chi connectivity index (χ4n) is 2.85. The Morgan fingerprint density at radius 2 is 2.26 bits per heavy atom. The zero-order valence-corrected chi connectivity index (χ0v) is 11.9. The van der Waals surface area contributed by atoms with Gasteiger partial charge in [0.05, 0.1) is 6.61 Å². The molecule has 0 aromatic heterocycles. The number of benzene rings is 1. The number of hydrogen-bond donors (Lipinski definition) is 1. The zero-order valence-electron chi connectivity index (χ0n) is 11.9. The van der Waals surface area contributed by atoms with E-state index in [4.69, 9.17) is 4.74 Å². The number of hydrogen-bond acceptors (Lipinski definition) is 2. The van der Waals surface area contributed by atoms with Crippen LogP contribution < -0.4 is 10.1 Å². The minimum absolute atomic E-state index is 0.496. The van der Waals surface area contributed by atoms with Crippen LogP contribution in [0, 0.1) is 11.8 Å². The average Bonchev–Trinajstić information content (AvgIpc) is 2.46. The average molecular weight is 257 g/mol. The van der Waals surface area contributed by atoms with Gasteiger partial charge in [-0.2, -0.15) is 0 Å². The highest BCUT2D eigenvalue weighted by molar-refractivity contribution is 5.38. The van der Waals surface area contributed by atoms with Crippen molar-refractivity contribution in [2.24, 2.45) is 0 Å². The van der Waals surface area contributed by atoms with Crippen molar-refractivity contribution in [3.63, 3.8) is 0 Å². The summed E-state index contributed by atoms with van der Waals surface area (Å²) in [5.74, 6) is 7.77. The number of para-hydroxylation sites is 1. The molecule has 2 atom stereocenters. The largest absolute Gasteiger partial charge is 0.493 e. The second-order valence-electron chi connectivity index (χ2n) is 4.91. The van der Waals surface area contributed by atoms with Crippen LogP contribution in [0.4, 0.5) is 0 Å². The Labute approximate surface area is 116 Å². The summed E-state index contributed by atoms with van der Waals surface area (Å²) in [6, 6.07) is 8.93. The van der Waals surface area contributed by atoms with Crippen LogP contribution in [0.25, 0.3) is 0 Å². The van der Waals surface area contributed by atoms with Crippen LogP contribution in [-0.4, -0.2) is 19.2 Å². The summed E-state index contributed by atoms with van der Waals surface area (Å²) in [6.07, 6.45) is 3.16. The molecule has 0 bridgehead atoms. The molecule has 0 saturated carbocycles. The molecule has 0 spiro atoms. The third-order valence-electron chi connectivity index (χ3n) is 3.71.